The number of rotatable bonds is 8. The van der Waals surface area contributed by atoms with Crippen molar-refractivity contribution in [1.29, 1.82) is 0 Å². The van der Waals surface area contributed by atoms with Crippen molar-refractivity contribution in [2.24, 2.45) is 0 Å². The fraction of sp³-hybridized carbons (Fsp3) is 0.0400. The van der Waals surface area contributed by atoms with Gasteiger partial charge in [0.1, 0.15) is 0 Å². The second-order valence-corrected chi connectivity index (χ2v) is 28.5. The van der Waals surface area contributed by atoms with Crippen LogP contribution in [0.5, 0.6) is 0 Å². The number of hydrogen-bond donors (Lipinski definition) is 0. The Labute approximate surface area is 603 Å². The maximum atomic E-state index is 2.49. The zero-order valence-electron chi connectivity index (χ0n) is 57.3. The van der Waals surface area contributed by atoms with Gasteiger partial charge in [-0.05, 0) is 212 Å². The summed E-state index contributed by atoms with van der Waals surface area (Å²) in [5.41, 5.74) is 34.2. The van der Waals surface area contributed by atoms with Crippen molar-refractivity contribution in [2.75, 3.05) is 0 Å². The summed E-state index contributed by atoms with van der Waals surface area (Å²) in [6, 6.07) is 137. The normalized spacial score (nSPS) is 12.5. The molecule has 8 bridgehead atoms. The average Bonchev–Trinajstić information content (AvgIpc) is 1.61. The first-order valence-corrected chi connectivity index (χ1v) is 36.3. The van der Waals surface area contributed by atoms with Crippen LogP contribution in [0.4, 0.5) is 0 Å². The van der Waals surface area contributed by atoms with Gasteiger partial charge in [-0.15, -0.1) is 0 Å². The summed E-state index contributed by atoms with van der Waals surface area (Å²) in [6.45, 7) is 0. The van der Waals surface area contributed by atoms with E-state index >= 15 is 0 Å². The van der Waals surface area contributed by atoms with E-state index in [0.29, 0.717) is 0 Å². The second kappa shape index (κ2) is 24.2. The number of aromatic nitrogens is 4. The molecule has 4 aromatic heterocycles. The third-order valence-corrected chi connectivity index (χ3v) is 22.0. The monoisotopic (exact) mass is 1320 g/mol. The van der Waals surface area contributed by atoms with Gasteiger partial charge in [0, 0.05) is 65.8 Å². The molecule has 0 amide bonds. The van der Waals surface area contributed by atoms with Gasteiger partial charge in [0.25, 0.3) is 0 Å². The summed E-state index contributed by atoms with van der Waals surface area (Å²) in [5, 5.41) is 10.1. The molecular weight excluding hydrogens is 1260 g/mol. The van der Waals surface area contributed by atoms with Crippen LogP contribution in [0.3, 0.4) is 0 Å². The van der Waals surface area contributed by atoms with Crippen molar-refractivity contribution in [1.82, 2.24) is 18.3 Å². The molecule has 1 aliphatic rings. The van der Waals surface area contributed by atoms with E-state index in [2.05, 4.69) is 382 Å². The highest BCUT2D eigenvalue weighted by atomic mass is 15.0. The maximum absolute atomic E-state index is 2.49. The molecule has 1 aliphatic carbocycles. The van der Waals surface area contributed by atoms with Crippen LogP contribution in [-0.2, 0) is 25.7 Å². The molecule has 488 valence electrons. The molecule has 0 fully saturated rings. The first kappa shape index (κ1) is 59.6. The largest absolute Gasteiger partial charge is 0.309 e. The Hall–Kier alpha value is -13.3. The van der Waals surface area contributed by atoms with Gasteiger partial charge in [0.05, 0.1) is 44.1 Å². The SMILES string of the molecule is c1ccc2c(c1)c1ccccc1n2-c1ccc(-c2cc3cc(c2)Cc2cc(cc(-c4ccc(-n5c6ccccc6c6ccccc65)cc4)c2)Cc2cc(cc(-c4ccc(-n5c6ccccc6c6ccccc65)cc4)c2)Cc2cc(cc(-c4ccc(-n5c6ccccc6c6ccccc65)cc4)c2)C3)cc1. The molecule has 0 spiro atoms. The van der Waals surface area contributed by atoms with E-state index in [9.17, 15) is 0 Å². The van der Waals surface area contributed by atoms with Gasteiger partial charge in [-0.3, -0.25) is 0 Å². The third-order valence-electron chi connectivity index (χ3n) is 22.0. The van der Waals surface area contributed by atoms with E-state index in [4.69, 9.17) is 0 Å². The van der Waals surface area contributed by atoms with E-state index in [0.717, 1.165) is 48.4 Å². The summed E-state index contributed by atoms with van der Waals surface area (Å²) >= 11 is 0. The van der Waals surface area contributed by atoms with Crippen molar-refractivity contribution in [2.45, 2.75) is 25.7 Å². The highest BCUT2D eigenvalue weighted by Gasteiger charge is 2.20. The van der Waals surface area contributed by atoms with Gasteiger partial charge >= 0.3 is 0 Å². The van der Waals surface area contributed by atoms with Gasteiger partial charge in [0.15, 0.2) is 0 Å². The lowest BCUT2D eigenvalue weighted by atomic mass is 9.88. The van der Waals surface area contributed by atoms with Crippen LogP contribution in [0.25, 0.3) is 154 Å². The molecule has 4 nitrogen and oxygen atoms in total. The van der Waals surface area contributed by atoms with E-state index in [1.807, 2.05) is 0 Å². The zero-order valence-corrected chi connectivity index (χ0v) is 57.3. The maximum Gasteiger partial charge on any atom is 0.0541 e. The molecule has 21 rings (SSSR count). The Morgan fingerprint density at radius 2 is 0.279 bits per heavy atom. The highest BCUT2D eigenvalue weighted by Crippen LogP contribution is 2.40. The van der Waals surface area contributed by atoms with E-state index < -0.39 is 0 Å². The van der Waals surface area contributed by atoms with E-state index in [1.54, 1.807) is 0 Å². The van der Waals surface area contributed by atoms with Gasteiger partial charge in [-0.2, -0.15) is 0 Å². The van der Waals surface area contributed by atoms with Crippen LogP contribution in [0, 0.1) is 0 Å². The molecule has 4 heteroatoms. The fourth-order valence-electron chi connectivity index (χ4n) is 17.5. The Balaban J connectivity index is 0.716. The standard InChI is InChI=1S/C100H68N4/c1-9-25-93-85(17-1)86-18-2-10-26-94(86)101(93)81-41-33-73(34-42-81)77-57-65-49-66(58-77)54-68-51-70(62-79(60-68)75-37-45-83(46-38-75)103-97-29-13-5-21-89(97)90-22-6-14-30-98(90)103)56-72-52-71(63-80(64-72)76-39-47-84(48-40-76)104-99-31-15-7-23-91(99)92-24-8-16-32-100(92)104)55-69-50-67(53-65)59-78(61-69)74-35-43-82(44-36-74)102-95-27-11-3-19-87(95)88-20-4-12-28-96(88)102/h1-52,57-64H,53-56H2. The third kappa shape index (κ3) is 10.2. The summed E-state index contributed by atoms with van der Waals surface area (Å²) in [4.78, 5) is 0. The fourth-order valence-corrected chi connectivity index (χ4v) is 17.5. The molecule has 0 N–H and O–H groups in total. The predicted molar refractivity (Wildman–Crippen MR) is 436 cm³/mol. The number of para-hydroxylation sites is 8. The smallest absolute Gasteiger partial charge is 0.0541 e. The number of benzene rings is 16. The lowest BCUT2D eigenvalue weighted by molar-refractivity contribution is 1.09. The van der Waals surface area contributed by atoms with Crippen LogP contribution in [0.15, 0.2) is 364 Å². The van der Waals surface area contributed by atoms with Gasteiger partial charge in [0.2, 0.25) is 0 Å². The van der Waals surface area contributed by atoms with Crippen LogP contribution < -0.4 is 0 Å². The van der Waals surface area contributed by atoms with Gasteiger partial charge in [-0.25, -0.2) is 0 Å². The highest BCUT2D eigenvalue weighted by molar-refractivity contribution is 6.12. The lowest BCUT2D eigenvalue weighted by Gasteiger charge is -2.17. The quantitative estimate of drug-likeness (QED) is 0.144. The molecule has 0 radical (unpaired) electrons. The van der Waals surface area contributed by atoms with E-state index in [-0.39, 0.29) is 0 Å². The second-order valence-electron chi connectivity index (χ2n) is 28.5. The molecule has 4 heterocycles. The van der Waals surface area contributed by atoms with E-state index in [1.165, 1.54) is 176 Å². The van der Waals surface area contributed by atoms with Crippen molar-refractivity contribution in [3.8, 4) is 67.3 Å². The van der Waals surface area contributed by atoms with Crippen molar-refractivity contribution < 1.29 is 0 Å². The minimum absolute atomic E-state index is 0.758. The topological polar surface area (TPSA) is 19.7 Å². The molecule has 0 aliphatic heterocycles. The summed E-state index contributed by atoms with van der Waals surface area (Å²) in [5.74, 6) is 0. The lowest BCUT2D eigenvalue weighted by Crippen LogP contribution is -2.01. The number of hydrogen-bond acceptors (Lipinski definition) is 0. The summed E-state index contributed by atoms with van der Waals surface area (Å²) in [6.07, 6.45) is 3.03. The molecule has 16 aromatic carbocycles. The number of nitrogens with zero attached hydrogens (tertiary/aromatic N) is 4. The molecule has 0 atom stereocenters. The molecule has 20 aromatic rings. The van der Waals surface area contributed by atoms with Crippen LogP contribution in [-0.4, -0.2) is 18.3 Å². The Bertz CT molecular complexity index is 5690. The minimum atomic E-state index is 0.758. The molecular formula is C100H68N4. The molecule has 0 saturated carbocycles. The van der Waals surface area contributed by atoms with Crippen molar-refractivity contribution >= 4 is 87.2 Å². The van der Waals surface area contributed by atoms with Crippen LogP contribution in [0.1, 0.15) is 44.5 Å². The molecule has 0 saturated heterocycles. The van der Waals surface area contributed by atoms with Crippen molar-refractivity contribution in [3.63, 3.8) is 0 Å². The average molecular weight is 1330 g/mol. The molecule has 0 unspecified atom stereocenters. The minimum Gasteiger partial charge on any atom is -0.309 e. The Kier molecular flexibility index (Phi) is 13.9. The first-order valence-electron chi connectivity index (χ1n) is 36.3. The Morgan fingerprint density at radius 1 is 0.135 bits per heavy atom. The van der Waals surface area contributed by atoms with Gasteiger partial charge < -0.3 is 18.3 Å². The van der Waals surface area contributed by atoms with Crippen LogP contribution >= 0.6 is 0 Å². The predicted octanol–water partition coefficient (Wildman–Crippen LogP) is 25.4. The van der Waals surface area contributed by atoms with Crippen molar-refractivity contribution in [3.05, 3.63) is 408 Å². The number of fused-ring (bicyclic) bond motifs is 20. The Morgan fingerprint density at radius 3 is 0.433 bits per heavy atom. The summed E-state index contributed by atoms with van der Waals surface area (Å²) < 4.78 is 9.66. The first-order chi connectivity index (χ1) is 51.5. The summed E-state index contributed by atoms with van der Waals surface area (Å²) in [7, 11) is 0. The molecule has 104 heavy (non-hydrogen) atoms. The van der Waals surface area contributed by atoms with Crippen LogP contribution in [0.2, 0.25) is 0 Å². The van der Waals surface area contributed by atoms with Gasteiger partial charge in [-0.1, -0.05) is 267 Å². The zero-order chi connectivity index (χ0) is 68.3.